The molecule has 2 aromatic carbocycles. The zero-order chi connectivity index (χ0) is 19.3. The number of benzene rings is 2. The van der Waals surface area contributed by atoms with Crippen LogP contribution in [-0.2, 0) is 0 Å². The Bertz CT molecular complexity index is 1190. The molecule has 0 aliphatic rings. The molecular formula is C22H17N3O2S. The fourth-order valence-corrected chi connectivity index (χ4v) is 3.12. The molecule has 6 heteroatoms. The third kappa shape index (κ3) is 3.97. The van der Waals surface area contributed by atoms with E-state index in [0.717, 1.165) is 10.3 Å². The van der Waals surface area contributed by atoms with Gasteiger partial charge in [-0.1, -0.05) is 24.3 Å². The lowest BCUT2D eigenvalue weighted by Crippen LogP contribution is -2.22. The highest BCUT2D eigenvalue weighted by Crippen LogP contribution is 2.20. The van der Waals surface area contributed by atoms with Gasteiger partial charge in [0.05, 0.1) is 5.69 Å². The third-order valence-electron chi connectivity index (χ3n) is 4.11. The van der Waals surface area contributed by atoms with Gasteiger partial charge in [0, 0.05) is 16.5 Å². The minimum atomic E-state index is -0.326. The second-order valence-corrected chi connectivity index (χ2v) is 6.86. The zero-order valence-corrected chi connectivity index (χ0v) is 15.9. The number of anilines is 1. The van der Waals surface area contributed by atoms with E-state index in [1.54, 1.807) is 36.2 Å². The van der Waals surface area contributed by atoms with Crippen LogP contribution < -0.4 is 10.9 Å². The molecule has 0 aliphatic carbocycles. The van der Waals surface area contributed by atoms with E-state index in [-0.39, 0.29) is 11.5 Å². The van der Waals surface area contributed by atoms with Crippen LogP contribution in [0.1, 0.15) is 10.4 Å². The average Bonchev–Trinajstić information content (AvgIpc) is 2.74. The van der Waals surface area contributed by atoms with Gasteiger partial charge in [0.2, 0.25) is 5.55 Å². The van der Waals surface area contributed by atoms with Crippen LogP contribution in [0.3, 0.4) is 0 Å². The smallest absolute Gasteiger partial charge is 0.262 e. The summed E-state index contributed by atoms with van der Waals surface area (Å²) in [7, 11) is 0. The molecule has 0 fully saturated rings. The van der Waals surface area contributed by atoms with Crippen molar-refractivity contribution in [3.05, 3.63) is 90.1 Å². The first kappa shape index (κ1) is 18.0. The Hall–Kier alpha value is -3.38. The molecule has 0 saturated heterocycles. The molecule has 0 saturated carbocycles. The van der Waals surface area contributed by atoms with Gasteiger partial charge < -0.3 is 9.73 Å². The van der Waals surface area contributed by atoms with Crippen molar-refractivity contribution in [2.45, 2.75) is 4.90 Å². The normalized spacial score (nSPS) is 11.5. The van der Waals surface area contributed by atoms with Crippen LogP contribution in [0, 0.1) is 0 Å². The van der Waals surface area contributed by atoms with Crippen LogP contribution in [0.2, 0.25) is 0 Å². The summed E-state index contributed by atoms with van der Waals surface area (Å²) in [5.74, 6) is 0.142. The fourth-order valence-electron chi connectivity index (χ4n) is 2.71. The summed E-state index contributed by atoms with van der Waals surface area (Å²) in [6.45, 7) is 0. The van der Waals surface area contributed by atoms with E-state index >= 15 is 0 Å². The Balaban J connectivity index is 1.82. The summed E-state index contributed by atoms with van der Waals surface area (Å²) < 4.78 is 5.96. The van der Waals surface area contributed by atoms with Gasteiger partial charge in [-0.2, -0.15) is 0 Å². The molecule has 4 rings (SSSR count). The minimum absolute atomic E-state index is 0.254. The van der Waals surface area contributed by atoms with Crippen molar-refractivity contribution >= 4 is 40.1 Å². The van der Waals surface area contributed by atoms with Crippen LogP contribution in [-0.4, -0.2) is 17.1 Å². The summed E-state index contributed by atoms with van der Waals surface area (Å²) >= 11 is 1.66. The number of nitrogens with one attached hydrogen (secondary N) is 1. The van der Waals surface area contributed by atoms with Crippen molar-refractivity contribution < 1.29 is 9.21 Å². The number of hydrogen-bond acceptors (Lipinski definition) is 5. The number of carbonyl (C=O) groups is 1. The number of hydrogen-bond donors (Lipinski definition) is 1. The molecule has 0 unspecified atom stereocenters. The molecule has 0 radical (unpaired) electrons. The van der Waals surface area contributed by atoms with E-state index in [9.17, 15) is 4.79 Å². The number of thioether (sulfide) groups is 1. The number of aromatic nitrogens is 1. The van der Waals surface area contributed by atoms with E-state index in [0.29, 0.717) is 22.7 Å². The highest BCUT2D eigenvalue weighted by molar-refractivity contribution is 7.98. The number of carbonyl (C=O) groups excluding carboxylic acids is 1. The number of rotatable bonds is 4. The maximum absolute atomic E-state index is 12.9. The number of nitrogens with zero attached hydrogens (tertiary/aromatic N) is 2. The van der Waals surface area contributed by atoms with Crippen molar-refractivity contribution in [3.63, 3.8) is 0 Å². The van der Waals surface area contributed by atoms with Gasteiger partial charge in [0.15, 0.2) is 0 Å². The van der Waals surface area contributed by atoms with Crippen molar-refractivity contribution in [3.8, 4) is 0 Å². The van der Waals surface area contributed by atoms with Crippen LogP contribution in [0.4, 0.5) is 11.5 Å². The van der Waals surface area contributed by atoms with E-state index in [1.807, 2.05) is 60.9 Å². The molecular weight excluding hydrogens is 370 g/mol. The Kier molecular flexibility index (Phi) is 5.21. The van der Waals surface area contributed by atoms with Crippen LogP contribution in [0.25, 0.3) is 11.0 Å². The van der Waals surface area contributed by atoms with Crippen molar-refractivity contribution in [1.82, 2.24) is 4.98 Å². The van der Waals surface area contributed by atoms with Gasteiger partial charge in [-0.05, 0) is 54.8 Å². The third-order valence-corrected chi connectivity index (χ3v) is 4.85. The van der Waals surface area contributed by atoms with Crippen molar-refractivity contribution in [2.75, 3.05) is 11.6 Å². The molecule has 138 valence electrons. The molecule has 0 bridgehead atoms. The quantitative estimate of drug-likeness (QED) is 0.499. The lowest BCUT2D eigenvalue weighted by Gasteiger charge is -2.06. The lowest BCUT2D eigenvalue weighted by atomic mass is 10.1. The molecule has 28 heavy (non-hydrogen) atoms. The largest absolute Gasteiger partial charge is 0.438 e. The molecule has 1 amide bonds. The molecule has 4 aromatic rings. The van der Waals surface area contributed by atoms with Gasteiger partial charge in [0.25, 0.3) is 5.91 Å². The Labute approximate surface area is 166 Å². The van der Waals surface area contributed by atoms with Crippen molar-refractivity contribution in [2.24, 2.45) is 4.99 Å². The maximum atomic E-state index is 12.9. The topological polar surface area (TPSA) is 67.5 Å². The summed E-state index contributed by atoms with van der Waals surface area (Å²) in [6, 6.07) is 22.4. The van der Waals surface area contributed by atoms with Crippen LogP contribution in [0.15, 0.2) is 93.3 Å². The molecule has 0 aliphatic heterocycles. The van der Waals surface area contributed by atoms with E-state index in [4.69, 9.17) is 4.42 Å². The SMILES string of the molecule is CSc1ccc(N=c2oc3ccccc3cc2C(=O)Nc2ccccn2)cc1. The average molecular weight is 387 g/mol. The summed E-state index contributed by atoms with van der Waals surface area (Å²) in [6.07, 6.45) is 3.64. The van der Waals surface area contributed by atoms with E-state index < -0.39 is 0 Å². The first-order valence-corrected chi connectivity index (χ1v) is 9.89. The predicted octanol–water partition coefficient (Wildman–Crippen LogP) is 5.03. The standard InChI is InChI=1S/C22H17N3O2S/c1-28-17-11-9-16(10-12-17)24-22-18(14-15-6-2-3-7-19(15)27-22)21(26)25-20-8-4-5-13-23-20/h2-14H,1H3,(H,23,25,26). The highest BCUT2D eigenvalue weighted by atomic mass is 32.2. The molecule has 1 N–H and O–H groups in total. The van der Waals surface area contributed by atoms with Gasteiger partial charge in [-0.3, -0.25) is 4.79 Å². The Morgan fingerprint density at radius 1 is 1.04 bits per heavy atom. The predicted molar refractivity (Wildman–Crippen MR) is 112 cm³/mol. The summed E-state index contributed by atoms with van der Waals surface area (Å²) in [5.41, 5.74) is 1.97. The summed E-state index contributed by atoms with van der Waals surface area (Å²) in [4.78, 5) is 22.8. The van der Waals surface area contributed by atoms with E-state index in [1.165, 1.54) is 0 Å². The van der Waals surface area contributed by atoms with Crippen LogP contribution >= 0.6 is 11.8 Å². The lowest BCUT2D eigenvalue weighted by molar-refractivity contribution is 0.102. The van der Waals surface area contributed by atoms with E-state index in [2.05, 4.69) is 15.3 Å². The van der Waals surface area contributed by atoms with Crippen LogP contribution in [0.5, 0.6) is 0 Å². The Morgan fingerprint density at radius 2 is 1.82 bits per heavy atom. The van der Waals surface area contributed by atoms with Gasteiger partial charge in [-0.25, -0.2) is 9.98 Å². The second kappa shape index (κ2) is 8.10. The number of para-hydroxylation sites is 1. The number of amides is 1. The molecule has 2 heterocycles. The molecule has 0 atom stereocenters. The monoisotopic (exact) mass is 387 g/mol. The first-order valence-electron chi connectivity index (χ1n) is 8.67. The van der Waals surface area contributed by atoms with Gasteiger partial charge in [-0.15, -0.1) is 11.8 Å². The van der Waals surface area contributed by atoms with Gasteiger partial charge in [0.1, 0.15) is 17.0 Å². The summed E-state index contributed by atoms with van der Waals surface area (Å²) in [5, 5.41) is 3.62. The minimum Gasteiger partial charge on any atom is -0.438 e. The number of fused-ring (bicyclic) bond motifs is 1. The maximum Gasteiger partial charge on any atom is 0.262 e. The van der Waals surface area contributed by atoms with Crippen molar-refractivity contribution in [1.29, 1.82) is 0 Å². The molecule has 2 aromatic heterocycles. The number of pyridine rings is 1. The fraction of sp³-hybridized carbons (Fsp3) is 0.0455. The second-order valence-electron chi connectivity index (χ2n) is 5.98. The zero-order valence-electron chi connectivity index (χ0n) is 15.1. The first-order chi connectivity index (χ1) is 13.7. The molecule has 0 spiro atoms. The van der Waals surface area contributed by atoms with Gasteiger partial charge >= 0.3 is 0 Å². The highest BCUT2D eigenvalue weighted by Gasteiger charge is 2.13. The molecule has 5 nitrogen and oxygen atoms in total. The Morgan fingerprint density at radius 3 is 2.57 bits per heavy atom.